The average molecular weight is 418 g/mol. The van der Waals surface area contributed by atoms with Crippen molar-refractivity contribution in [1.82, 2.24) is 25.2 Å². The van der Waals surface area contributed by atoms with Crippen LogP contribution in [0.15, 0.2) is 53.1 Å². The molecule has 0 amide bonds. The lowest BCUT2D eigenvalue weighted by Crippen LogP contribution is -2.17. The minimum Gasteiger partial charge on any atom is -0.496 e. The first-order valence-corrected chi connectivity index (χ1v) is 10.3. The van der Waals surface area contributed by atoms with Crippen LogP contribution in [0.25, 0.3) is 11.4 Å². The molecule has 0 aliphatic heterocycles. The normalized spacial score (nSPS) is 11.3. The first-order valence-electron chi connectivity index (χ1n) is 10.3. The van der Waals surface area contributed by atoms with Crippen molar-refractivity contribution in [1.29, 1.82) is 0 Å². The molecule has 0 aliphatic rings. The van der Waals surface area contributed by atoms with E-state index >= 15 is 0 Å². The number of benzene rings is 2. The van der Waals surface area contributed by atoms with E-state index in [1.54, 1.807) is 7.11 Å². The maximum atomic E-state index is 5.60. The van der Waals surface area contributed by atoms with Gasteiger partial charge in [-0.25, -0.2) is 0 Å². The van der Waals surface area contributed by atoms with Crippen molar-refractivity contribution in [3.63, 3.8) is 0 Å². The van der Waals surface area contributed by atoms with Crippen LogP contribution in [0, 0.1) is 13.8 Å². The highest BCUT2D eigenvalue weighted by molar-refractivity contribution is 5.53. The van der Waals surface area contributed by atoms with E-state index in [-0.39, 0.29) is 0 Å². The number of aryl methyl sites for hydroxylation is 2. The van der Waals surface area contributed by atoms with Crippen molar-refractivity contribution >= 4 is 0 Å². The number of nitrogens with one attached hydrogen (secondary N) is 1. The van der Waals surface area contributed by atoms with Crippen LogP contribution in [0.5, 0.6) is 5.75 Å². The summed E-state index contributed by atoms with van der Waals surface area (Å²) in [5.74, 6) is 2.09. The second-order valence-electron chi connectivity index (χ2n) is 7.79. The lowest BCUT2D eigenvalue weighted by molar-refractivity contribution is 0.260. The quantitative estimate of drug-likeness (QED) is 0.460. The number of aromatic nitrogens is 4. The van der Waals surface area contributed by atoms with Crippen molar-refractivity contribution in [2.24, 2.45) is 0 Å². The number of nitrogens with zero attached hydrogens (tertiary/aromatic N) is 4. The summed E-state index contributed by atoms with van der Waals surface area (Å²) in [7, 11) is 3.75. The molecule has 0 radical (unpaired) electrons. The van der Waals surface area contributed by atoms with E-state index in [2.05, 4.69) is 37.4 Å². The minimum atomic E-state index is 0.571. The van der Waals surface area contributed by atoms with E-state index in [0.717, 1.165) is 41.2 Å². The molecule has 2 aromatic carbocycles. The van der Waals surface area contributed by atoms with Crippen molar-refractivity contribution < 1.29 is 9.26 Å². The predicted molar refractivity (Wildman–Crippen MR) is 119 cm³/mol. The molecule has 4 aromatic rings. The van der Waals surface area contributed by atoms with Gasteiger partial charge in [-0.2, -0.15) is 10.1 Å². The number of ether oxygens (including phenoxy) is 1. The van der Waals surface area contributed by atoms with E-state index in [9.17, 15) is 0 Å². The highest BCUT2D eigenvalue weighted by Gasteiger charge is 2.14. The fraction of sp³-hybridized carbons (Fsp3) is 0.292. The summed E-state index contributed by atoms with van der Waals surface area (Å²) in [5, 5.41) is 11.5. The second kappa shape index (κ2) is 9.14. The molecule has 0 bridgehead atoms. The highest BCUT2D eigenvalue weighted by atomic mass is 16.5. The Morgan fingerprint density at radius 3 is 2.58 bits per heavy atom. The Balaban J connectivity index is 1.46. The maximum absolute atomic E-state index is 5.60. The molecule has 0 unspecified atom stereocenters. The van der Waals surface area contributed by atoms with Gasteiger partial charge in [-0.1, -0.05) is 47.6 Å². The van der Waals surface area contributed by atoms with E-state index in [1.807, 2.05) is 57.3 Å². The highest BCUT2D eigenvalue weighted by Crippen LogP contribution is 2.26. The molecule has 31 heavy (non-hydrogen) atoms. The van der Waals surface area contributed by atoms with Gasteiger partial charge in [-0.3, -0.25) is 10.00 Å². The van der Waals surface area contributed by atoms with Crippen molar-refractivity contribution in [2.75, 3.05) is 14.2 Å². The molecule has 2 heterocycles. The zero-order valence-electron chi connectivity index (χ0n) is 18.3. The molecule has 0 atom stereocenters. The second-order valence-corrected chi connectivity index (χ2v) is 7.79. The predicted octanol–water partition coefficient (Wildman–Crippen LogP) is 4.31. The minimum absolute atomic E-state index is 0.571. The molecule has 160 valence electrons. The summed E-state index contributed by atoms with van der Waals surface area (Å²) in [5.41, 5.74) is 6.61. The van der Waals surface area contributed by atoms with Gasteiger partial charge in [-0.05, 0) is 38.1 Å². The third-order valence-electron chi connectivity index (χ3n) is 5.35. The fourth-order valence-corrected chi connectivity index (χ4v) is 3.72. The van der Waals surface area contributed by atoms with E-state index < -0.39 is 0 Å². The molecule has 4 rings (SSSR count). The van der Waals surface area contributed by atoms with Crippen LogP contribution in [-0.4, -0.2) is 39.4 Å². The zero-order valence-corrected chi connectivity index (χ0v) is 18.3. The van der Waals surface area contributed by atoms with Crippen LogP contribution >= 0.6 is 0 Å². The number of hydrogen-bond donors (Lipinski definition) is 1. The molecular weight excluding hydrogens is 390 g/mol. The Labute approximate surface area is 182 Å². The lowest BCUT2D eigenvalue weighted by Gasteiger charge is -2.16. The number of H-pyrrole nitrogens is 1. The molecule has 2 aromatic heterocycles. The van der Waals surface area contributed by atoms with Crippen molar-refractivity contribution in [3.8, 4) is 17.1 Å². The Bertz CT molecular complexity index is 1130. The fourth-order valence-electron chi connectivity index (χ4n) is 3.72. The first kappa shape index (κ1) is 20.8. The number of aromatic amines is 1. The van der Waals surface area contributed by atoms with Gasteiger partial charge in [0.05, 0.1) is 19.3 Å². The van der Waals surface area contributed by atoms with Gasteiger partial charge in [0.2, 0.25) is 11.7 Å². The van der Waals surface area contributed by atoms with Crippen LogP contribution < -0.4 is 4.74 Å². The molecular formula is C24H27N5O2. The summed E-state index contributed by atoms with van der Waals surface area (Å²) in [4.78, 5) is 6.68. The van der Waals surface area contributed by atoms with Crippen LogP contribution in [-0.2, 0) is 19.5 Å². The SMILES string of the molecule is COc1ccc(CN(C)Cc2nc(-c3ccccc3)no2)cc1Cc1c(C)n[nH]c1C. The van der Waals surface area contributed by atoms with Gasteiger partial charge >= 0.3 is 0 Å². The Morgan fingerprint density at radius 2 is 1.87 bits per heavy atom. The van der Waals surface area contributed by atoms with Gasteiger partial charge < -0.3 is 9.26 Å². The number of hydrogen-bond acceptors (Lipinski definition) is 6. The summed E-state index contributed by atoms with van der Waals surface area (Å²) < 4.78 is 11.0. The van der Waals surface area contributed by atoms with Gasteiger partial charge in [0.15, 0.2) is 0 Å². The van der Waals surface area contributed by atoms with Gasteiger partial charge in [-0.15, -0.1) is 0 Å². The van der Waals surface area contributed by atoms with E-state index in [4.69, 9.17) is 9.26 Å². The van der Waals surface area contributed by atoms with E-state index in [1.165, 1.54) is 11.1 Å². The third-order valence-corrected chi connectivity index (χ3v) is 5.35. The summed E-state index contributed by atoms with van der Waals surface area (Å²) in [6.45, 7) is 5.40. The molecule has 7 heteroatoms. The molecule has 0 saturated heterocycles. The molecule has 1 N–H and O–H groups in total. The molecule has 7 nitrogen and oxygen atoms in total. The van der Waals surface area contributed by atoms with Crippen molar-refractivity contribution in [2.45, 2.75) is 33.4 Å². The smallest absolute Gasteiger partial charge is 0.241 e. The van der Waals surface area contributed by atoms with Gasteiger partial charge in [0.1, 0.15) is 5.75 Å². The summed E-state index contributed by atoms with van der Waals surface area (Å²) >= 11 is 0. The average Bonchev–Trinajstić information content (AvgIpc) is 3.36. The lowest BCUT2D eigenvalue weighted by atomic mass is 10.00. The Hall–Kier alpha value is -3.45. The van der Waals surface area contributed by atoms with Crippen LogP contribution in [0.4, 0.5) is 0 Å². The number of methoxy groups -OCH3 is 1. The third kappa shape index (κ3) is 4.83. The van der Waals surface area contributed by atoms with Crippen molar-refractivity contribution in [3.05, 3.63) is 82.5 Å². The summed E-state index contributed by atoms with van der Waals surface area (Å²) in [6, 6.07) is 16.2. The Kier molecular flexibility index (Phi) is 6.13. The molecule has 0 spiro atoms. The molecule has 0 fully saturated rings. The van der Waals surface area contributed by atoms with Crippen LogP contribution in [0.3, 0.4) is 0 Å². The van der Waals surface area contributed by atoms with Crippen LogP contribution in [0.2, 0.25) is 0 Å². The standard InChI is InChI=1S/C24H27N5O2/c1-16-21(17(2)27-26-16)13-20-12-18(10-11-22(20)30-4)14-29(3)15-23-25-24(28-31-23)19-8-6-5-7-9-19/h5-12H,13-15H2,1-4H3,(H,26,27). The van der Waals surface area contributed by atoms with Gasteiger partial charge in [0, 0.05) is 29.8 Å². The van der Waals surface area contributed by atoms with Crippen LogP contribution in [0.1, 0.15) is 34.0 Å². The first-order chi connectivity index (χ1) is 15.0. The molecule has 0 aliphatic carbocycles. The Morgan fingerprint density at radius 1 is 1.06 bits per heavy atom. The maximum Gasteiger partial charge on any atom is 0.241 e. The topological polar surface area (TPSA) is 80.1 Å². The monoisotopic (exact) mass is 417 g/mol. The zero-order chi connectivity index (χ0) is 21.8. The number of rotatable bonds is 8. The summed E-state index contributed by atoms with van der Waals surface area (Å²) in [6.07, 6.45) is 0.777. The van der Waals surface area contributed by atoms with Gasteiger partial charge in [0.25, 0.3) is 0 Å². The molecule has 0 saturated carbocycles. The van der Waals surface area contributed by atoms with E-state index in [0.29, 0.717) is 18.3 Å². The largest absolute Gasteiger partial charge is 0.496 e.